The van der Waals surface area contributed by atoms with E-state index in [9.17, 15) is 19.5 Å². The second kappa shape index (κ2) is 8.43. The molecule has 168 valence electrons. The largest absolute Gasteiger partial charge is 0.507 e. The maximum Gasteiger partial charge on any atom is 0.275 e. The molecule has 6 nitrogen and oxygen atoms in total. The molecule has 1 unspecified atom stereocenters. The van der Waals surface area contributed by atoms with Crippen LogP contribution in [0.3, 0.4) is 0 Å². The third kappa shape index (κ3) is 3.45. The molecular weight excluding hydrogens is 496 g/mol. The number of aromatic amines is 1. The summed E-state index contributed by atoms with van der Waals surface area (Å²) in [4.78, 5) is 40.0. The number of carbonyl (C=O) groups is 2. The van der Waals surface area contributed by atoms with Crippen LogP contribution in [0, 0.1) is 6.92 Å². The van der Waals surface area contributed by atoms with Crippen LogP contribution < -0.4 is 5.56 Å². The Morgan fingerprint density at radius 2 is 1.44 bits per heavy atom. The average Bonchev–Trinajstić information content (AvgIpc) is 3.15. The number of H-pyrrole nitrogens is 1. The van der Waals surface area contributed by atoms with Gasteiger partial charge >= 0.3 is 0 Å². The van der Waals surface area contributed by atoms with Crippen molar-refractivity contribution in [2.24, 2.45) is 0 Å². The number of nitrogens with zero attached hydrogens (tertiary/aromatic N) is 1. The van der Waals surface area contributed by atoms with Crippen molar-refractivity contribution in [2.45, 2.75) is 12.8 Å². The Hall–Kier alpha value is -3.97. The number of allylic oxidation sites excluding steroid dienone is 1. The maximum atomic E-state index is 13.7. The van der Waals surface area contributed by atoms with Gasteiger partial charge in [0.2, 0.25) is 11.6 Å². The zero-order valence-electron chi connectivity index (χ0n) is 18.1. The van der Waals surface area contributed by atoms with Crippen molar-refractivity contribution < 1.29 is 14.7 Å². The van der Waals surface area contributed by atoms with Crippen LogP contribution in [-0.4, -0.2) is 26.5 Å². The van der Waals surface area contributed by atoms with Crippen molar-refractivity contribution in [3.63, 3.8) is 0 Å². The molecule has 5 rings (SSSR count). The van der Waals surface area contributed by atoms with Gasteiger partial charge < -0.3 is 5.11 Å². The number of fused-ring (bicyclic) bond motifs is 1. The molecule has 0 amide bonds. The van der Waals surface area contributed by atoms with Crippen LogP contribution in [0.15, 0.2) is 93.7 Å². The molecule has 1 atom stereocenters. The molecule has 4 aromatic rings. The molecule has 34 heavy (non-hydrogen) atoms. The Bertz CT molecular complexity index is 1530. The summed E-state index contributed by atoms with van der Waals surface area (Å²) < 4.78 is 2.22. The predicted octanol–water partition coefficient (Wildman–Crippen LogP) is 5.10. The lowest BCUT2D eigenvalue weighted by Gasteiger charge is -2.24. The van der Waals surface area contributed by atoms with E-state index < -0.39 is 17.5 Å². The van der Waals surface area contributed by atoms with Crippen molar-refractivity contribution in [1.29, 1.82) is 0 Å². The molecule has 0 saturated heterocycles. The maximum absolute atomic E-state index is 13.7. The van der Waals surface area contributed by atoms with E-state index in [4.69, 9.17) is 0 Å². The summed E-state index contributed by atoms with van der Waals surface area (Å²) in [7, 11) is 0. The lowest BCUT2D eigenvalue weighted by Crippen LogP contribution is -2.30. The highest BCUT2D eigenvalue weighted by atomic mass is 79.9. The topological polar surface area (TPSA) is 92.2 Å². The van der Waals surface area contributed by atoms with Crippen LogP contribution in [-0.2, 0) is 4.79 Å². The normalized spacial score (nSPS) is 14.3. The second-order valence-electron chi connectivity index (χ2n) is 8.08. The zero-order valence-corrected chi connectivity index (χ0v) is 19.7. The van der Waals surface area contributed by atoms with Gasteiger partial charge in [-0.2, -0.15) is 0 Å². The Morgan fingerprint density at radius 3 is 2.12 bits per heavy atom. The highest BCUT2D eigenvalue weighted by molar-refractivity contribution is 9.10. The van der Waals surface area contributed by atoms with E-state index in [0.717, 1.165) is 4.47 Å². The lowest BCUT2D eigenvalue weighted by molar-refractivity contribution is -0.112. The number of nitrogens with one attached hydrogen (secondary N) is 1. The van der Waals surface area contributed by atoms with Crippen LogP contribution in [0.2, 0.25) is 0 Å². The minimum atomic E-state index is -0.952. The van der Waals surface area contributed by atoms with Gasteiger partial charge in [0.15, 0.2) is 0 Å². The molecule has 1 aliphatic rings. The summed E-state index contributed by atoms with van der Waals surface area (Å²) in [5.41, 5.74) is 2.00. The highest BCUT2D eigenvalue weighted by Gasteiger charge is 2.40. The van der Waals surface area contributed by atoms with Gasteiger partial charge in [-0.1, -0.05) is 70.5 Å². The fourth-order valence-corrected chi connectivity index (χ4v) is 4.71. The van der Waals surface area contributed by atoms with E-state index in [2.05, 4.69) is 21.0 Å². The number of aryl methyl sites for hydroxylation is 1. The molecule has 3 aromatic carbocycles. The van der Waals surface area contributed by atoms with Crippen molar-refractivity contribution in [1.82, 2.24) is 9.78 Å². The zero-order chi connectivity index (χ0) is 24.0. The van der Waals surface area contributed by atoms with E-state index in [1.807, 2.05) is 18.2 Å². The Kier molecular flexibility index (Phi) is 5.42. The first-order valence-corrected chi connectivity index (χ1v) is 11.4. The van der Waals surface area contributed by atoms with Crippen molar-refractivity contribution >= 4 is 33.3 Å². The third-order valence-electron chi connectivity index (χ3n) is 6.04. The molecule has 1 aromatic heterocycles. The number of aliphatic hydroxyl groups excluding tert-OH is 1. The van der Waals surface area contributed by atoms with E-state index >= 15 is 0 Å². The number of aromatic nitrogens is 2. The number of benzene rings is 3. The molecular formula is C27H19BrN2O4. The van der Waals surface area contributed by atoms with Crippen molar-refractivity contribution in [2.75, 3.05) is 0 Å². The van der Waals surface area contributed by atoms with Gasteiger partial charge in [0.05, 0.1) is 16.8 Å². The monoisotopic (exact) mass is 514 g/mol. The van der Waals surface area contributed by atoms with Gasteiger partial charge in [-0.15, -0.1) is 0 Å². The first kappa shape index (κ1) is 21.9. The van der Waals surface area contributed by atoms with Gasteiger partial charge in [-0.05, 0) is 36.8 Å². The van der Waals surface area contributed by atoms with Crippen LogP contribution in [0.1, 0.15) is 38.7 Å². The molecule has 0 spiro atoms. The summed E-state index contributed by atoms with van der Waals surface area (Å²) in [6, 6.07) is 22.6. The number of para-hydroxylation sites is 1. The van der Waals surface area contributed by atoms with Gasteiger partial charge in [-0.25, -0.2) is 4.68 Å². The second-order valence-corrected chi connectivity index (χ2v) is 8.99. The Balaban J connectivity index is 1.81. The number of carbonyl (C=O) groups excluding carboxylic acids is 2. The number of ketones is 2. The van der Waals surface area contributed by atoms with Gasteiger partial charge in [-0.3, -0.25) is 19.5 Å². The van der Waals surface area contributed by atoms with Crippen molar-refractivity contribution in [3.05, 3.63) is 127 Å². The summed E-state index contributed by atoms with van der Waals surface area (Å²) >= 11 is 3.41. The van der Waals surface area contributed by atoms with Gasteiger partial charge in [0, 0.05) is 27.2 Å². The average molecular weight is 515 g/mol. The summed E-state index contributed by atoms with van der Waals surface area (Å²) in [5, 5.41) is 14.3. The molecule has 1 aliphatic carbocycles. The SMILES string of the molecule is Cc1[nH]n(-c2ccccc2)c(=O)c1C(C1=C(O)c2ccccc2C(=O)C1=O)c1ccc(Br)cc1. The quantitative estimate of drug-likeness (QED) is 0.370. The fourth-order valence-electron chi connectivity index (χ4n) is 4.44. The predicted molar refractivity (Wildman–Crippen MR) is 132 cm³/mol. The molecule has 2 N–H and O–H groups in total. The van der Waals surface area contributed by atoms with E-state index in [1.54, 1.807) is 61.5 Å². The summed E-state index contributed by atoms with van der Waals surface area (Å²) in [6.07, 6.45) is 0. The van der Waals surface area contributed by atoms with Crippen LogP contribution in [0.25, 0.3) is 11.4 Å². The molecule has 0 fully saturated rings. The number of rotatable bonds is 4. The fraction of sp³-hybridized carbons (Fsp3) is 0.0741. The highest BCUT2D eigenvalue weighted by Crippen LogP contribution is 2.40. The van der Waals surface area contributed by atoms with Crippen LogP contribution in [0.4, 0.5) is 0 Å². The molecule has 0 saturated carbocycles. The van der Waals surface area contributed by atoms with Gasteiger partial charge in [0.1, 0.15) is 5.76 Å². The summed E-state index contributed by atoms with van der Waals surface area (Å²) in [5.74, 6) is -2.77. The van der Waals surface area contributed by atoms with Crippen LogP contribution in [0.5, 0.6) is 0 Å². The van der Waals surface area contributed by atoms with E-state index in [0.29, 0.717) is 16.9 Å². The molecule has 7 heteroatoms. The minimum Gasteiger partial charge on any atom is -0.507 e. The molecule has 0 radical (unpaired) electrons. The third-order valence-corrected chi connectivity index (χ3v) is 6.57. The standard InChI is InChI=1S/C27H19BrN2O4/c1-15-21(27(34)30(29-15)18-7-3-2-4-8-18)22(16-11-13-17(28)14-12-16)23-24(31)19-9-5-6-10-20(19)25(32)26(23)33/h2-14,22,29,31H,1H3. The lowest BCUT2D eigenvalue weighted by atomic mass is 9.76. The van der Waals surface area contributed by atoms with Crippen molar-refractivity contribution in [3.8, 4) is 5.69 Å². The van der Waals surface area contributed by atoms with Gasteiger partial charge in [0.25, 0.3) is 5.56 Å². The molecule has 0 aliphatic heterocycles. The summed E-state index contributed by atoms with van der Waals surface area (Å²) in [6.45, 7) is 1.74. The minimum absolute atomic E-state index is 0.106. The smallest absolute Gasteiger partial charge is 0.275 e. The number of halogens is 1. The number of aliphatic hydroxyl groups is 1. The molecule has 0 bridgehead atoms. The number of hydrogen-bond acceptors (Lipinski definition) is 4. The Morgan fingerprint density at radius 1 is 0.824 bits per heavy atom. The number of hydrogen-bond donors (Lipinski definition) is 2. The molecule has 1 heterocycles. The number of Topliss-reactive ketones (excluding diaryl/α,β-unsaturated/α-hetero) is 2. The van der Waals surface area contributed by atoms with E-state index in [-0.39, 0.29) is 33.6 Å². The first-order chi connectivity index (χ1) is 16.4. The van der Waals surface area contributed by atoms with E-state index in [1.165, 1.54) is 10.7 Å². The first-order valence-electron chi connectivity index (χ1n) is 10.6. The Labute approximate surface area is 203 Å². The van der Waals surface area contributed by atoms with Crippen LogP contribution >= 0.6 is 15.9 Å².